The van der Waals surface area contributed by atoms with E-state index >= 15 is 0 Å². The first-order chi connectivity index (χ1) is 13.5. The number of amides is 1. The molecule has 0 aliphatic heterocycles. The molecule has 0 bridgehead atoms. The maximum absolute atomic E-state index is 12.9. The molecule has 0 saturated heterocycles. The van der Waals surface area contributed by atoms with E-state index in [2.05, 4.69) is 5.32 Å². The van der Waals surface area contributed by atoms with E-state index in [1.165, 1.54) is 19.1 Å². The minimum atomic E-state index is -0.978. The molecule has 0 aliphatic rings. The van der Waals surface area contributed by atoms with Gasteiger partial charge in [-0.2, -0.15) is 0 Å². The van der Waals surface area contributed by atoms with Crippen molar-refractivity contribution in [2.45, 2.75) is 19.6 Å². The Labute approximate surface area is 162 Å². The molecule has 0 aromatic heterocycles. The average molecular weight is 381 g/mol. The van der Waals surface area contributed by atoms with Gasteiger partial charge in [-0.3, -0.25) is 4.79 Å². The minimum absolute atomic E-state index is 0.215. The van der Waals surface area contributed by atoms with Crippen molar-refractivity contribution in [3.05, 3.63) is 77.6 Å². The van der Waals surface area contributed by atoms with Crippen LogP contribution in [-0.4, -0.2) is 25.1 Å². The Morgan fingerprint density at radius 1 is 1.00 bits per heavy atom. The Hall–Kier alpha value is -3.41. The normalized spacial score (nSPS) is 11.7. The van der Waals surface area contributed by atoms with Gasteiger partial charge in [0.2, 0.25) is 0 Å². The van der Waals surface area contributed by atoms with E-state index in [0.717, 1.165) is 10.9 Å². The van der Waals surface area contributed by atoms with Crippen LogP contribution in [0.25, 0.3) is 10.8 Å². The fourth-order valence-electron chi connectivity index (χ4n) is 2.84. The second kappa shape index (κ2) is 8.52. The van der Waals surface area contributed by atoms with Gasteiger partial charge in [0.05, 0.1) is 12.7 Å². The zero-order chi connectivity index (χ0) is 20.1. The van der Waals surface area contributed by atoms with Crippen LogP contribution in [0.1, 0.15) is 22.8 Å². The highest BCUT2D eigenvalue weighted by Gasteiger charge is 2.21. The zero-order valence-electron chi connectivity index (χ0n) is 15.6. The highest BCUT2D eigenvalue weighted by Crippen LogP contribution is 2.28. The molecular weight excluding hydrogens is 361 g/mol. The summed E-state index contributed by atoms with van der Waals surface area (Å²) in [5, 5.41) is 4.14. The van der Waals surface area contributed by atoms with Crippen LogP contribution in [0.2, 0.25) is 0 Å². The topological polar surface area (TPSA) is 64.6 Å². The van der Waals surface area contributed by atoms with Crippen LogP contribution in [0.5, 0.6) is 5.75 Å². The first-order valence-electron chi connectivity index (χ1n) is 8.78. The zero-order valence-corrected chi connectivity index (χ0v) is 15.6. The summed E-state index contributed by atoms with van der Waals surface area (Å²) in [5.74, 6) is -0.722. The Balaban J connectivity index is 1.68. The molecule has 0 aliphatic carbocycles. The predicted octanol–water partition coefficient (Wildman–Crippen LogP) is 3.85. The summed E-state index contributed by atoms with van der Waals surface area (Å²) in [5.41, 5.74) is 1.10. The van der Waals surface area contributed by atoms with Crippen LogP contribution in [0.4, 0.5) is 4.39 Å². The summed E-state index contributed by atoms with van der Waals surface area (Å²) in [7, 11) is 1.56. The lowest BCUT2D eigenvalue weighted by Gasteiger charge is -2.15. The molecule has 0 fully saturated rings. The third-order valence-electron chi connectivity index (χ3n) is 4.36. The van der Waals surface area contributed by atoms with Crippen LogP contribution in [-0.2, 0) is 16.1 Å². The Kier molecular flexibility index (Phi) is 5.89. The molecule has 1 amide bonds. The average Bonchev–Trinajstić information content (AvgIpc) is 2.72. The quantitative estimate of drug-likeness (QED) is 0.659. The predicted molar refractivity (Wildman–Crippen MR) is 104 cm³/mol. The molecule has 1 atom stereocenters. The first-order valence-corrected chi connectivity index (χ1v) is 8.78. The maximum atomic E-state index is 12.9. The summed E-state index contributed by atoms with van der Waals surface area (Å²) in [6.45, 7) is 1.72. The van der Waals surface area contributed by atoms with Crippen LogP contribution in [0.15, 0.2) is 60.7 Å². The summed E-state index contributed by atoms with van der Waals surface area (Å²) in [4.78, 5) is 24.8. The number of carbonyl (C=O) groups excluding carboxylic acids is 2. The lowest BCUT2D eigenvalue weighted by Crippen LogP contribution is -2.35. The molecule has 0 heterocycles. The van der Waals surface area contributed by atoms with E-state index in [0.29, 0.717) is 16.7 Å². The lowest BCUT2D eigenvalue weighted by molar-refractivity contribution is -0.129. The monoisotopic (exact) mass is 381 g/mol. The molecular formula is C22H20FNO4. The smallest absolute Gasteiger partial charge is 0.339 e. The summed E-state index contributed by atoms with van der Waals surface area (Å²) in [6.07, 6.45) is -0.978. The second-order valence-corrected chi connectivity index (χ2v) is 6.25. The molecule has 3 aromatic rings. The number of hydrogen-bond donors (Lipinski definition) is 1. The number of rotatable bonds is 6. The molecule has 5 nitrogen and oxygen atoms in total. The van der Waals surface area contributed by atoms with Crippen LogP contribution < -0.4 is 10.1 Å². The van der Waals surface area contributed by atoms with Gasteiger partial charge in [0, 0.05) is 11.9 Å². The molecule has 0 spiro atoms. The number of methoxy groups -OCH3 is 1. The van der Waals surface area contributed by atoms with Gasteiger partial charge in [0.15, 0.2) is 6.10 Å². The number of carbonyl (C=O) groups is 2. The van der Waals surface area contributed by atoms with Crippen molar-refractivity contribution in [2.24, 2.45) is 0 Å². The van der Waals surface area contributed by atoms with Crippen molar-refractivity contribution < 1.29 is 23.5 Å². The van der Waals surface area contributed by atoms with E-state index < -0.39 is 18.0 Å². The number of ether oxygens (including phenoxy) is 2. The standard InChI is InChI=1S/C22H20FNO4/c1-14(21(25)24-13-15-7-9-16(23)10-8-15)28-22(26)19-11-12-20(27-2)18-6-4-3-5-17(18)19/h3-12,14H,13H2,1-2H3,(H,24,25)/t14-/m0/s1. The number of esters is 1. The summed E-state index contributed by atoms with van der Waals surface area (Å²) >= 11 is 0. The van der Waals surface area contributed by atoms with Crippen molar-refractivity contribution in [1.29, 1.82) is 0 Å². The number of hydrogen-bond acceptors (Lipinski definition) is 4. The maximum Gasteiger partial charge on any atom is 0.339 e. The van der Waals surface area contributed by atoms with Gasteiger partial charge < -0.3 is 14.8 Å². The van der Waals surface area contributed by atoms with Gasteiger partial charge in [0.1, 0.15) is 11.6 Å². The van der Waals surface area contributed by atoms with E-state index in [4.69, 9.17) is 9.47 Å². The molecule has 0 saturated carbocycles. The highest BCUT2D eigenvalue weighted by molar-refractivity contribution is 6.06. The molecule has 1 N–H and O–H groups in total. The van der Waals surface area contributed by atoms with E-state index in [-0.39, 0.29) is 12.4 Å². The summed E-state index contributed by atoms with van der Waals surface area (Å²) in [6, 6.07) is 16.4. The summed E-state index contributed by atoms with van der Waals surface area (Å²) < 4.78 is 23.6. The van der Waals surface area contributed by atoms with E-state index in [1.54, 1.807) is 37.4 Å². The number of halogens is 1. The van der Waals surface area contributed by atoms with Crippen LogP contribution >= 0.6 is 0 Å². The molecule has 6 heteroatoms. The fourth-order valence-corrected chi connectivity index (χ4v) is 2.84. The van der Waals surface area contributed by atoms with E-state index in [1.807, 2.05) is 18.2 Å². The molecule has 3 rings (SSSR count). The molecule has 0 radical (unpaired) electrons. The number of benzene rings is 3. The first kappa shape index (κ1) is 19.4. The van der Waals surface area contributed by atoms with Crippen molar-refractivity contribution in [3.8, 4) is 5.75 Å². The molecule has 3 aromatic carbocycles. The third-order valence-corrected chi connectivity index (χ3v) is 4.36. The van der Waals surface area contributed by atoms with Gasteiger partial charge in [-0.15, -0.1) is 0 Å². The Morgan fingerprint density at radius 3 is 2.36 bits per heavy atom. The number of fused-ring (bicyclic) bond motifs is 1. The van der Waals surface area contributed by atoms with Gasteiger partial charge in [0.25, 0.3) is 5.91 Å². The number of nitrogens with one attached hydrogen (secondary N) is 1. The van der Waals surface area contributed by atoms with Crippen molar-refractivity contribution >= 4 is 22.6 Å². The van der Waals surface area contributed by atoms with Gasteiger partial charge in [-0.1, -0.05) is 36.4 Å². The third kappa shape index (κ3) is 4.28. The van der Waals surface area contributed by atoms with Crippen molar-refractivity contribution in [1.82, 2.24) is 5.32 Å². The SMILES string of the molecule is COc1ccc(C(=O)O[C@@H](C)C(=O)NCc2ccc(F)cc2)c2ccccc12. The largest absolute Gasteiger partial charge is 0.496 e. The van der Waals surface area contributed by atoms with Gasteiger partial charge in [-0.25, -0.2) is 9.18 Å². The fraction of sp³-hybridized carbons (Fsp3) is 0.182. The van der Waals surface area contributed by atoms with Crippen LogP contribution in [0.3, 0.4) is 0 Å². The van der Waals surface area contributed by atoms with Gasteiger partial charge >= 0.3 is 5.97 Å². The lowest BCUT2D eigenvalue weighted by atomic mass is 10.0. The second-order valence-electron chi connectivity index (χ2n) is 6.25. The van der Waals surface area contributed by atoms with Crippen molar-refractivity contribution in [3.63, 3.8) is 0 Å². The molecule has 144 valence electrons. The molecule has 28 heavy (non-hydrogen) atoms. The minimum Gasteiger partial charge on any atom is -0.496 e. The Bertz CT molecular complexity index is 1000. The van der Waals surface area contributed by atoms with Crippen LogP contribution in [0, 0.1) is 5.82 Å². The Morgan fingerprint density at radius 2 is 1.68 bits per heavy atom. The molecule has 0 unspecified atom stereocenters. The van der Waals surface area contributed by atoms with Gasteiger partial charge in [-0.05, 0) is 42.1 Å². The van der Waals surface area contributed by atoms with E-state index in [9.17, 15) is 14.0 Å². The van der Waals surface area contributed by atoms with Crippen molar-refractivity contribution in [2.75, 3.05) is 7.11 Å². The highest BCUT2D eigenvalue weighted by atomic mass is 19.1.